The maximum atomic E-state index is 2.44. The van der Waals surface area contributed by atoms with Gasteiger partial charge in [-0.15, -0.1) is 29.0 Å². The molecule has 0 spiro atoms. The van der Waals surface area contributed by atoms with Crippen molar-refractivity contribution in [1.82, 2.24) is 0 Å². The van der Waals surface area contributed by atoms with Gasteiger partial charge in [0.25, 0.3) is 0 Å². The number of benzene rings is 3. The normalized spacial score (nSPS) is 11.5. The molecule has 1 nitrogen and oxygen atoms in total. The molecule has 0 unspecified atom stereocenters. The second-order valence-electron chi connectivity index (χ2n) is 6.07. The third-order valence-electron chi connectivity index (χ3n) is 4.78. The fourth-order valence-electron chi connectivity index (χ4n) is 3.71. The Labute approximate surface area is 185 Å². The van der Waals surface area contributed by atoms with Crippen molar-refractivity contribution in [2.45, 2.75) is 6.54 Å². The Hall–Kier alpha value is -1.48. The summed E-state index contributed by atoms with van der Waals surface area (Å²) >= 11 is 0. The largest absolute Gasteiger partial charge is 1.00 e. The molecule has 130 valence electrons. The Kier molecular flexibility index (Phi) is 6.79. The Morgan fingerprint density at radius 3 is 2.23 bits per heavy atom. The Morgan fingerprint density at radius 1 is 0.692 bits per heavy atom. The van der Waals surface area contributed by atoms with Gasteiger partial charge in [-0.05, 0) is 22.9 Å². The second-order valence-corrected chi connectivity index (χ2v) is 6.07. The van der Waals surface area contributed by atoms with Crippen LogP contribution in [0.2, 0.25) is 0 Å². The minimum absolute atomic E-state index is 0. The number of rotatable bonds is 1. The van der Waals surface area contributed by atoms with Gasteiger partial charge in [0, 0.05) is 43.6 Å². The monoisotopic (exact) mass is 544 g/mol. The van der Waals surface area contributed by atoms with Gasteiger partial charge < -0.3 is 29.7 Å². The predicted octanol–water partition coefficient (Wildman–Crippen LogP) is -0.117. The number of hydrogen-bond donors (Lipinski definition) is 0. The molecule has 4 heteroatoms. The van der Waals surface area contributed by atoms with Crippen molar-refractivity contribution in [3.05, 3.63) is 90.5 Å². The van der Waals surface area contributed by atoms with E-state index in [4.69, 9.17) is 0 Å². The van der Waals surface area contributed by atoms with E-state index < -0.39 is 0 Å². The first kappa shape index (κ1) is 20.8. The topological polar surface area (TPSA) is 3.24 Å². The van der Waals surface area contributed by atoms with Crippen LogP contribution < -0.4 is 29.7 Å². The number of hydrogen-bond acceptors (Lipinski definition) is 1. The molecule has 0 amide bonds. The maximum Gasteiger partial charge on any atom is 0.0487 e. The van der Waals surface area contributed by atoms with E-state index in [2.05, 4.69) is 89.8 Å². The smallest absolute Gasteiger partial charge is 0.0487 e. The van der Waals surface area contributed by atoms with E-state index in [0.717, 1.165) is 6.54 Å². The summed E-state index contributed by atoms with van der Waals surface area (Å²) in [4.78, 5) is 2.44. The van der Waals surface area contributed by atoms with Gasteiger partial charge >= 0.3 is 0 Å². The molecule has 4 aromatic rings. The number of para-hydroxylation sites is 1. The SMILES string of the molecule is [Cl-].[Cl-].[Hf].c1ccc2c(c1)CN(c1cccc3[cH-]ccc13)c1ccccc1-2. The molecule has 0 aromatic heterocycles. The van der Waals surface area contributed by atoms with Crippen LogP contribution in [0.3, 0.4) is 0 Å². The quantitative estimate of drug-likeness (QED) is 0.239. The maximum absolute atomic E-state index is 2.44. The van der Waals surface area contributed by atoms with Crippen molar-refractivity contribution in [2.75, 3.05) is 4.90 Å². The third kappa shape index (κ3) is 3.26. The summed E-state index contributed by atoms with van der Waals surface area (Å²) in [6.07, 6.45) is 0. The summed E-state index contributed by atoms with van der Waals surface area (Å²) in [7, 11) is 0. The molecule has 4 aromatic carbocycles. The van der Waals surface area contributed by atoms with Crippen LogP contribution in [-0.2, 0) is 32.4 Å². The number of anilines is 2. The molecular formula is C22H16Cl2HfN-3. The number of halogens is 2. The summed E-state index contributed by atoms with van der Waals surface area (Å²) in [6.45, 7) is 0.914. The van der Waals surface area contributed by atoms with Gasteiger partial charge in [-0.3, -0.25) is 0 Å². The fraction of sp³-hybridized carbons (Fsp3) is 0.0455. The molecule has 1 heterocycles. The summed E-state index contributed by atoms with van der Waals surface area (Å²) < 4.78 is 0. The number of fused-ring (bicyclic) bond motifs is 4. The molecule has 0 aliphatic carbocycles. The van der Waals surface area contributed by atoms with Crippen LogP contribution >= 0.6 is 0 Å². The minimum Gasteiger partial charge on any atom is -1.00 e. The van der Waals surface area contributed by atoms with E-state index in [-0.39, 0.29) is 50.7 Å². The second kappa shape index (κ2) is 8.47. The van der Waals surface area contributed by atoms with Crippen molar-refractivity contribution in [1.29, 1.82) is 0 Å². The zero-order chi connectivity index (χ0) is 15.2. The third-order valence-corrected chi connectivity index (χ3v) is 4.78. The van der Waals surface area contributed by atoms with E-state index in [0.29, 0.717) is 0 Å². The fourth-order valence-corrected chi connectivity index (χ4v) is 3.71. The van der Waals surface area contributed by atoms with Crippen molar-refractivity contribution in [2.24, 2.45) is 0 Å². The van der Waals surface area contributed by atoms with Crippen LogP contribution in [0.4, 0.5) is 11.4 Å². The standard InChI is InChI=1S/C22H16N.2ClH.Hf/c1-2-10-18-17(7-1)15-23(22-13-4-3-11-20(18)22)21-14-6-9-16-8-5-12-19(16)21;;;/h1-14H,15H2;2*1H;/q-1;;;/p-2. The van der Waals surface area contributed by atoms with Crippen LogP contribution in [0.1, 0.15) is 5.56 Å². The number of nitrogens with zero attached hydrogens (tertiary/aromatic N) is 1. The predicted molar refractivity (Wildman–Crippen MR) is 97.3 cm³/mol. The van der Waals surface area contributed by atoms with Crippen LogP contribution in [0.5, 0.6) is 0 Å². The average Bonchev–Trinajstić information content (AvgIpc) is 3.10. The Balaban J connectivity index is 0.000000810. The van der Waals surface area contributed by atoms with Crippen LogP contribution in [-0.4, -0.2) is 0 Å². The van der Waals surface area contributed by atoms with Gasteiger partial charge in [-0.25, -0.2) is 0 Å². The minimum atomic E-state index is 0. The summed E-state index contributed by atoms with van der Waals surface area (Å²) in [5.74, 6) is 0. The van der Waals surface area contributed by atoms with Crippen molar-refractivity contribution in [3.63, 3.8) is 0 Å². The first-order valence-corrected chi connectivity index (χ1v) is 8.01. The summed E-state index contributed by atoms with van der Waals surface area (Å²) in [6, 6.07) is 30.5. The van der Waals surface area contributed by atoms with Gasteiger partial charge in [0.1, 0.15) is 0 Å². The van der Waals surface area contributed by atoms with Gasteiger partial charge in [0.2, 0.25) is 0 Å². The zero-order valence-electron chi connectivity index (χ0n) is 14.0. The van der Waals surface area contributed by atoms with Gasteiger partial charge in [-0.1, -0.05) is 48.5 Å². The molecule has 0 radical (unpaired) electrons. The first-order valence-electron chi connectivity index (χ1n) is 8.01. The Morgan fingerprint density at radius 2 is 1.38 bits per heavy atom. The summed E-state index contributed by atoms with van der Waals surface area (Å²) in [5.41, 5.74) is 6.64. The molecular weight excluding hydrogens is 528 g/mol. The molecule has 0 fully saturated rings. The van der Waals surface area contributed by atoms with E-state index in [1.807, 2.05) is 0 Å². The molecule has 5 rings (SSSR count). The van der Waals surface area contributed by atoms with Crippen molar-refractivity contribution in [3.8, 4) is 11.1 Å². The van der Waals surface area contributed by atoms with E-state index >= 15 is 0 Å². The van der Waals surface area contributed by atoms with E-state index in [1.54, 1.807) is 0 Å². The molecule has 0 saturated carbocycles. The van der Waals surface area contributed by atoms with Crippen LogP contribution in [0.25, 0.3) is 21.9 Å². The van der Waals surface area contributed by atoms with Crippen molar-refractivity contribution < 1.29 is 50.7 Å². The van der Waals surface area contributed by atoms with Crippen LogP contribution in [0.15, 0.2) is 84.9 Å². The first-order chi connectivity index (χ1) is 11.4. The molecule has 1 aliphatic heterocycles. The van der Waals surface area contributed by atoms with E-state index in [1.165, 1.54) is 38.8 Å². The average molecular weight is 544 g/mol. The molecule has 0 N–H and O–H groups in total. The molecule has 1 aliphatic rings. The molecule has 26 heavy (non-hydrogen) atoms. The molecule has 0 atom stereocenters. The Bertz CT molecular complexity index is 1030. The summed E-state index contributed by atoms with van der Waals surface area (Å²) in [5, 5.41) is 2.63. The van der Waals surface area contributed by atoms with Gasteiger partial charge in [0.05, 0.1) is 0 Å². The van der Waals surface area contributed by atoms with Crippen molar-refractivity contribution >= 4 is 22.1 Å². The van der Waals surface area contributed by atoms with Gasteiger partial charge in [-0.2, -0.15) is 12.1 Å². The zero-order valence-corrected chi connectivity index (χ0v) is 19.1. The van der Waals surface area contributed by atoms with Gasteiger partial charge in [0.15, 0.2) is 0 Å². The van der Waals surface area contributed by atoms with Crippen LogP contribution in [0, 0.1) is 0 Å². The molecule has 0 saturated heterocycles. The van der Waals surface area contributed by atoms with E-state index in [9.17, 15) is 0 Å². The molecule has 0 bridgehead atoms.